The number of methoxy groups -OCH3 is 3. The molecule has 4 rings (SSSR count). The second kappa shape index (κ2) is 10.3. The number of hydrogen-bond acceptors (Lipinski definition) is 7. The lowest BCUT2D eigenvalue weighted by Crippen LogP contribution is -2.37. The average molecular weight is 545 g/mol. The van der Waals surface area contributed by atoms with Gasteiger partial charge in [0.05, 0.1) is 38.3 Å². The van der Waals surface area contributed by atoms with Crippen molar-refractivity contribution in [2.75, 3.05) is 47.5 Å². The van der Waals surface area contributed by atoms with Crippen LogP contribution in [0, 0.1) is 0 Å². The van der Waals surface area contributed by atoms with Crippen LogP contribution < -0.4 is 19.6 Å². The van der Waals surface area contributed by atoms with Crippen molar-refractivity contribution in [1.29, 1.82) is 0 Å². The Morgan fingerprint density at radius 3 is 2.23 bits per heavy atom. The number of halogens is 1. The molecule has 1 aliphatic heterocycles. The van der Waals surface area contributed by atoms with Gasteiger partial charge in [-0.05, 0) is 49.0 Å². The van der Waals surface area contributed by atoms with Crippen LogP contribution in [0.5, 0.6) is 17.2 Å². The summed E-state index contributed by atoms with van der Waals surface area (Å²) in [6.07, 6.45) is 0. The standard InChI is InChI=1S/C26H29BrN2O6/c1-6-28(7-2)10-11-29-22(15-12-19(32-3)24(34-5)20(13-15)33-4)21-23(30)17-14-16(27)8-9-18(17)35-25(21)26(29)31/h8-9,12-14,22H,6-7,10-11H2,1-5H3. The Morgan fingerprint density at radius 2 is 1.66 bits per heavy atom. The summed E-state index contributed by atoms with van der Waals surface area (Å²) in [6, 6.07) is 8.10. The Kier molecular flexibility index (Phi) is 7.37. The van der Waals surface area contributed by atoms with Crippen LogP contribution in [0.1, 0.15) is 41.6 Å². The van der Waals surface area contributed by atoms with E-state index in [1.807, 2.05) is 0 Å². The van der Waals surface area contributed by atoms with Gasteiger partial charge in [0, 0.05) is 17.6 Å². The highest BCUT2D eigenvalue weighted by Crippen LogP contribution is 2.45. The van der Waals surface area contributed by atoms with E-state index in [1.165, 1.54) is 21.3 Å². The van der Waals surface area contributed by atoms with Crippen LogP contribution in [0.4, 0.5) is 0 Å². The number of carbonyl (C=O) groups excluding carboxylic acids is 1. The fourth-order valence-electron chi connectivity index (χ4n) is 4.62. The number of rotatable bonds is 9. The number of carbonyl (C=O) groups is 1. The van der Waals surface area contributed by atoms with Crippen molar-refractivity contribution in [3.8, 4) is 17.2 Å². The van der Waals surface area contributed by atoms with Crippen LogP contribution >= 0.6 is 15.9 Å². The zero-order valence-electron chi connectivity index (χ0n) is 20.5. The summed E-state index contributed by atoms with van der Waals surface area (Å²) in [5, 5.41) is 0.411. The maximum absolute atomic E-state index is 13.8. The third-order valence-electron chi connectivity index (χ3n) is 6.48. The molecule has 35 heavy (non-hydrogen) atoms. The molecular formula is C26H29BrN2O6. The third kappa shape index (κ3) is 4.38. The fraction of sp³-hybridized carbons (Fsp3) is 0.385. The maximum atomic E-state index is 13.8. The van der Waals surface area contributed by atoms with E-state index in [0.29, 0.717) is 52.4 Å². The molecule has 1 amide bonds. The minimum Gasteiger partial charge on any atom is -0.493 e. The van der Waals surface area contributed by atoms with E-state index in [4.69, 9.17) is 18.6 Å². The quantitative estimate of drug-likeness (QED) is 0.393. The summed E-state index contributed by atoms with van der Waals surface area (Å²) in [6.45, 7) is 6.95. The molecule has 186 valence electrons. The highest BCUT2D eigenvalue weighted by molar-refractivity contribution is 9.10. The molecule has 9 heteroatoms. The molecule has 8 nitrogen and oxygen atoms in total. The van der Waals surface area contributed by atoms with Gasteiger partial charge in [-0.25, -0.2) is 0 Å². The summed E-state index contributed by atoms with van der Waals surface area (Å²) >= 11 is 3.43. The molecule has 1 aromatic heterocycles. The number of likely N-dealkylation sites (N-methyl/N-ethyl adjacent to an activating group) is 1. The highest BCUT2D eigenvalue weighted by Gasteiger charge is 2.43. The van der Waals surface area contributed by atoms with Gasteiger partial charge in [0.1, 0.15) is 5.58 Å². The molecular weight excluding hydrogens is 516 g/mol. The normalized spacial score (nSPS) is 15.1. The molecule has 0 radical (unpaired) electrons. The van der Waals surface area contributed by atoms with Crippen LogP contribution in [-0.2, 0) is 0 Å². The molecule has 2 heterocycles. The Bertz CT molecular complexity index is 1290. The Morgan fingerprint density at radius 1 is 1.00 bits per heavy atom. The van der Waals surface area contributed by atoms with Crippen LogP contribution in [-0.4, -0.2) is 63.2 Å². The van der Waals surface area contributed by atoms with Gasteiger partial charge in [-0.1, -0.05) is 29.8 Å². The number of benzene rings is 2. The van der Waals surface area contributed by atoms with Gasteiger partial charge in [0.15, 0.2) is 16.9 Å². The van der Waals surface area contributed by atoms with E-state index in [-0.39, 0.29) is 17.1 Å². The molecule has 0 aliphatic carbocycles. The lowest BCUT2D eigenvalue weighted by Gasteiger charge is -2.28. The van der Waals surface area contributed by atoms with Gasteiger partial charge < -0.3 is 28.4 Å². The molecule has 3 aromatic rings. The Balaban J connectivity index is 1.95. The van der Waals surface area contributed by atoms with Gasteiger partial charge in [0.2, 0.25) is 11.5 Å². The predicted octanol–water partition coefficient (Wildman–Crippen LogP) is 4.47. The van der Waals surface area contributed by atoms with Crippen molar-refractivity contribution in [1.82, 2.24) is 9.80 Å². The summed E-state index contributed by atoms with van der Waals surface area (Å²) in [5.41, 5.74) is 1.13. The SMILES string of the molecule is CCN(CC)CCN1C(=O)c2oc3ccc(Br)cc3c(=O)c2C1c1cc(OC)c(OC)c(OC)c1. The van der Waals surface area contributed by atoms with Crippen LogP contribution in [0.2, 0.25) is 0 Å². The molecule has 0 saturated heterocycles. The number of fused-ring (bicyclic) bond motifs is 2. The third-order valence-corrected chi connectivity index (χ3v) is 6.98. The molecule has 0 fully saturated rings. The first-order valence-electron chi connectivity index (χ1n) is 11.5. The molecule has 0 N–H and O–H groups in total. The first kappa shape index (κ1) is 25.1. The Hall–Kier alpha value is -3.04. The first-order valence-corrected chi connectivity index (χ1v) is 12.3. The van der Waals surface area contributed by atoms with Gasteiger partial charge in [0.25, 0.3) is 5.91 Å². The van der Waals surface area contributed by atoms with E-state index in [1.54, 1.807) is 35.2 Å². The summed E-state index contributed by atoms with van der Waals surface area (Å²) < 4.78 is 23.4. The zero-order valence-corrected chi connectivity index (χ0v) is 22.1. The number of amides is 1. The lowest BCUT2D eigenvalue weighted by molar-refractivity contribution is 0.0707. The van der Waals surface area contributed by atoms with E-state index >= 15 is 0 Å². The Labute approximate surface area is 212 Å². The molecule has 0 bridgehead atoms. The molecule has 1 aliphatic rings. The predicted molar refractivity (Wildman–Crippen MR) is 137 cm³/mol. The van der Waals surface area contributed by atoms with E-state index < -0.39 is 6.04 Å². The smallest absolute Gasteiger partial charge is 0.290 e. The van der Waals surface area contributed by atoms with Gasteiger partial charge in [-0.2, -0.15) is 0 Å². The van der Waals surface area contributed by atoms with E-state index in [0.717, 1.165) is 17.6 Å². The van der Waals surface area contributed by atoms with Crippen LogP contribution in [0.15, 0.2) is 44.0 Å². The van der Waals surface area contributed by atoms with E-state index in [2.05, 4.69) is 34.7 Å². The van der Waals surface area contributed by atoms with Crippen LogP contribution in [0.25, 0.3) is 11.0 Å². The average Bonchev–Trinajstić information content (AvgIpc) is 3.15. The lowest BCUT2D eigenvalue weighted by atomic mass is 9.97. The summed E-state index contributed by atoms with van der Waals surface area (Å²) in [5.74, 6) is 1.09. The molecule has 1 unspecified atom stereocenters. The fourth-order valence-corrected chi connectivity index (χ4v) is 4.98. The molecule has 1 atom stereocenters. The minimum atomic E-state index is -0.665. The van der Waals surface area contributed by atoms with Crippen molar-refractivity contribution in [3.63, 3.8) is 0 Å². The van der Waals surface area contributed by atoms with Crippen molar-refractivity contribution in [2.45, 2.75) is 19.9 Å². The second-order valence-corrected chi connectivity index (χ2v) is 9.12. The first-order chi connectivity index (χ1) is 16.9. The van der Waals surface area contributed by atoms with Crippen molar-refractivity contribution < 1.29 is 23.4 Å². The largest absolute Gasteiger partial charge is 0.493 e. The minimum absolute atomic E-state index is 0.0723. The van der Waals surface area contributed by atoms with Gasteiger partial charge >= 0.3 is 0 Å². The number of ether oxygens (including phenoxy) is 3. The van der Waals surface area contributed by atoms with Gasteiger partial charge in [-0.15, -0.1) is 0 Å². The summed E-state index contributed by atoms with van der Waals surface area (Å²) in [4.78, 5) is 31.3. The molecule has 0 saturated carbocycles. The van der Waals surface area contributed by atoms with Crippen molar-refractivity contribution in [2.24, 2.45) is 0 Å². The second-order valence-electron chi connectivity index (χ2n) is 8.20. The van der Waals surface area contributed by atoms with E-state index in [9.17, 15) is 9.59 Å². The molecule has 0 spiro atoms. The van der Waals surface area contributed by atoms with Crippen molar-refractivity contribution in [3.05, 3.63) is 61.9 Å². The van der Waals surface area contributed by atoms with Gasteiger partial charge in [-0.3, -0.25) is 9.59 Å². The number of hydrogen-bond donors (Lipinski definition) is 0. The maximum Gasteiger partial charge on any atom is 0.290 e. The highest BCUT2D eigenvalue weighted by atomic mass is 79.9. The topological polar surface area (TPSA) is 81.5 Å². The number of nitrogens with zero attached hydrogens (tertiary/aromatic N) is 2. The monoisotopic (exact) mass is 544 g/mol. The van der Waals surface area contributed by atoms with Crippen molar-refractivity contribution >= 4 is 32.8 Å². The molecule has 2 aromatic carbocycles. The zero-order chi connectivity index (χ0) is 25.3. The summed E-state index contributed by atoms with van der Waals surface area (Å²) in [7, 11) is 4.60. The van der Waals surface area contributed by atoms with Crippen LogP contribution in [0.3, 0.4) is 0 Å².